The largest absolute Gasteiger partial charge is 0.465 e. The minimum Gasteiger partial charge on any atom is -0.465 e. The number of esters is 1. The molecule has 0 saturated carbocycles. The average Bonchev–Trinajstić information content (AvgIpc) is 3.42. The van der Waals surface area contributed by atoms with Gasteiger partial charge < -0.3 is 14.5 Å². The maximum absolute atomic E-state index is 14.0. The Morgan fingerprint density at radius 2 is 2.03 bits per heavy atom. The molecule has 1 atom stereocenters. The van der Waals surface area contributed by atoms with Crippen molar-refractivity contribution >= 4 is 33.4 Å². The van der Waals surface area contributed by atoms with Gasteiger partial charge in [-0.15, -0.1) is 0 Å². The third-order valence-electron chi connectivity index (χ3n) is 6.87. The molecule has 2 aromatic carbocycles. The van der Waals surface area contributed by atoms with E-state index in [0.717, 1.165) is 49.8 Å². The Bertz CT molecular complexity index is 1240. The normalized spacial score (nSPS) is 17.2. The molecule has 4 rings (SSSR count). The highest BCUT2D eigenvalue weighted by Gasteiger charge is 2.37. The molecule has 0 spiro atoms. The second kappa shape index (κ2) is 10.4. The number of carbonyl (C=O) groups is 1. The summed E-state index contributed by atoms with van der Waals surface area (Å²) in [5.41, 5.74) is 2.41. The molecule has 2 aliphatic rings. The highest BCUT2D eigenvalue weighted by atomic mass is 32.2. The van der Waals surface area contributed by atoms with Crippen LogP contribution in [0.4, 0.5) is 15.8 Å². The first kappa shape index (κ1) is 25.2. The SMILES string of the molecule is CCN(CC)C/C=C\c1cc(F)ccc1S(=O)(=O)Nc1ccc2c(c1C(=O)OC)CC1CCCN21. The Morgan fingerprint density at radius 3 is 2.74 bits per heavy atom. The van der Waals surface area contributed by atoms with Gasteiger partial charge in [-0.1, -0.05) is 26.0 Å². The summed E-state index contributed by atoms with van der Waals surface area (Å²) in [5.74, 6) is -1.11. The monoisotopic (exact) mass is 501 g/mol. The molecule has 0 aliphatic carbocycles. The van der Waals surface area contributed by atoms with Gasteiger partial charge in [-0.3, -0.25) is 4.72 Å². The standard InChI is InChI=1S/C26H32FN3O4S/c1-4-29(5-2)14-6-8-18-16-19(27)10-13-24(18)35(32,33)28-22-11-12-23-21(25(22)26(31)34-3)17-20-9-7-15-30(20)23/h6,8,10-13,16,20,28H,4-5,7,9,14-15,17H2,1-3H3/b8-6-. The quantitative estimate of drug-likeness (QED) is 0.517. The summed E-state index contributed by atoms with van der Waals surface area (Å²) in [6, 6.07) is 7.36. The molecule has 2 heterocycles. The maximum Gasteiger partial charge on any atom is 0.340 e. The van der Waals surface area contributed by atoms with Crippen LogP contribution < -0.4 is 9.62 Å². The van der Waals surface area contributed by atoms with Crippen molar-refractivity contribution in [3.63, 3.8) is 0 Å². The van der Waals surface area contributed by atoms with Crippen molar-refractivity contribution in [1.82, 2.24) is 4.90 Å². The molecular weight excluding hydrogens is 469 g/mol. The Labute approximate surface area is 206 Å². The van der Waals surface area contributed by atoms with Crippen molar-refractivity contribution in [2.45, 2.75) is 44.0 Å². The summed E-state index contributed by atoms with van der Waals surface area (Å²) in [6.45, 7) is 7.32. The van der Waals surface area contributed by atoms with E-state index >= 15 is 0 Å². The molecule has 0 radical (unpaired) electrons. The first-order chi connectivity index (χ1) is 16.8. The van der Waals surface area contributed by atoms with Crippen LogP contribution in [0.15, 0.2) is 41.3 Å². The van der Waals surface area contributed by atoms with Crippen molar-refractivity contribution in [3.05, 3.63) is 58.9 Å². The van der Waals surface area contributed by atoms with Crippen LogP contribution in [0.1, 0.15) is 48.2 Å². The number of carbonyl (C=O) groups excluding carboxylic acids is 1. The molecule has 1 saturated heterocycles. The predicted octanol–water partition coefficient (Wildman–Crippen LogP) is 4.29. The Morgan fingerprint density at radius 1 is 1.26 bits per heavy atom. The average molecular weight is 502 g/mol. The number of fused-ring (bicyclic) bond motifs is 3. The predicted molar refractivity (Wildman–Crippen MR) is 136 cm³/mol. The number of ether oxygens (including phenoxy) is 1. The van der Waals surface area contributed by atoms with Crippen LogP contribution in [0.3, 0.4) is 0 Å². The van der Waals surface area contributed by atoms with Gasteiger partial charge in [0.15, 0.2) is 0 Å². The highest BCUT2D eigenvalue weighted by molar-refractivity contribution is 7.92. The molecule has 0 aromatic heterocycles. The molecule has 9 heteroatoms. The lowest BCUT2D eigenvalue weighted by Crippen LogP contribution is -2.24. The summed E-state index contributed by atoms with van der Waals surface area (Å²) >= 11 is 0. The number of hydrogen-bond acceptors (Lipinski definition) is 6. The van der Waals surface area contributed by atoms with E-state index in [0.29, 0.717) is 19.0 Å². The number of nitrogens with zero attached hydrogens (tertiary/aromatic N) is 2. The van der Waals surface area contributed by atoms with Gasteiger partial charge in [0.05, 0.1) is 23.3 Å². The van der Waals surface area contributed by atoms with Crippen LogP contribution in [0.5, 0.6) is 0 Å². The summed E-state index contributed by atoms with van der Waals surface area (Å²) < 4.78 is 48.6. The molecular formula is C26H32FN3O4S. The van der Waals surface area contributed by atoms with E-state index in [1.54, 1.807) is 12.1 Å². The highest BCUT2D eigenvalue weighted by Crippen LogP contribution is 2.42. The van der Waals surface area contributed by atoms with Crippen molar-refractivity contribution in [2.75, 3.05) is 42.9 Å². The van der Waals surface area contributed by atoms with Gasteiger partial charge >= 0.3 is 5.97 Å². The summed E-state index contributed by atoms with van der Waals surface area (Å²) in [4.78, 5) is 17.1. The number of methoxy groups -OCH3 is 1. The fourth-order valence-electron chi connectivity index (χ4n) is 5.04. The summed E-state index contributed by atoms with van der Waals surface area (Å²) in [7, 11) is -2.84. The fraction of sp³-hybridized carbons (Fsp3) is 0.423. The molecule has 2 aromatic rings. The van der Waals surface area contributed by atoms with Crippen molar-refractivity contribution in [3.8, 4) is 0 Å². The van der Waals surface area contributed by atoms with E-state index in [1.165, 1.54) is 19.2 Å². The number of nitrogens with one attached hydrogen (secondary N) is 1. The zero-order chi connectivity index (χ0) is 25.2. The van der Waals surface area contributed by atoms with Gasteiger partial charge in [0.2, 0.25) is 0 Å². The van der Waals surface area contributed by atoms with Gasteiger partial charge in [-0.2, -0.15) is 0 Å². The molecule has 2 aliphatic heterocycles. The van der Waals surface area contributed by atoms with Crippen LogP contribution in [0, 0.1) is 5.82 Å². The third kappa shape index (κ3) is 5.06. The van der Waals surface area contributed by atoms with Gasteiger partial charge in [0, 0.05) is 24.8 Å². The van der Waals surface area contributed by atoms with Crippen molar-refractivity contribution in [2.24, 2.45) is 0 Å². The lowest BCUT2D eigenvalue weighted by Gasteiger charge is -2.20. The van der Waals surface area contributed by atoms with Crippen molar-refractivity contribution < 1.29 is 22.3 Å². The molecule has 7 nitrogen and oxygen atoms in total. The molecule has 0 amide bonds. The fourth-order valence-corrected chi connectivity index (χ4v) is 6.29. The van der Waals surface area contributed by atoms with Crippen LogP contribution in [0.25, 0.3) is 6.08 Å². The second-order valence-electron chi connectivity index (χ2n) is 8.85. The molecule has 35 heavy (non-hydrogen) atoms. The van der Waals surface area contributed by atoms with E-state index in [9.17, 15) is 17.6 Å². The van der Waals surface area contributed by atoms with Gasteiger partial charge in [0.25, 0.3) is 10.0 Å². The van der Waals surface area contributed by atoms with E-state index in [-0.39, 0.29) is 21.7 Å². The van der Waals surface area contributed by atoms with Crippen LogP contribution >= 0.6 is 0 Å². The zero-order valence-corrected chi connectivity index (χ0v) is 21.2. The first-order valence-electron chi connectivity index (χ1n) is 12.0. The van der Waals surface area contributed by atoms with E-state index in [1.807, 2.05) is 26.0 Å². The minimum atomic E-state index is -4.13. The van der Waals surface area contributed by atoms with E-state index < -0.39 is 21.8 Å². The van der Waals surface area contributed by atoms with Crippen LogP contribution in [0.2, 0.25) is 0 Å². The number of likely N-dealkylation sites (N-methyl/N-ethyl adjacent to an activating group) is 1. The topological polar surface area (TPSA) is 79.0 Å². The van der Waals surface area contributed by atoms with Gasteiger partial charge in [-0.25, -0.2) is 17.6 Å². The van der Waals surface area contributed by atoms with E-state index in [4.69, 9.17) is 4.74 Å². The second-order valence-corrected chi connectivity index (χ2v) is 10.5. The minimum absolute atomic E-state index is 0.0633. The molecule has 1 unspecified atom stereocenters. The number of anilines is 2. The van der Waals surface area contributed by atoms with Crippen LogP contribution in [-0.4, -0.2) is 58.6 Å². The summed E-state index contributed by atoms with van der Waals surface area (Å²) in [5, 5.41) is 0. The number of benzene rings is 2. The molecule has 1 N–H and O–H groups in total. The lowest BCUT2D eigenvalue weighted by atomic mass is 10.00. The zero-order valence-electron chi connectivity index (χ0n) is 20.4. The number of halogens is 1. The van der Waals surface area contributed by atoms with Gasteiger partial charge in [-0.05, 0) is 73.8 Å². The van der Waals surface area contributed by atoms with Crippen molar-refractivity contribution in [1.29, 1.82) is 0 Å². The van der Waals surface area contributed by atoms with E-state index in [2.05, 4.69) is 14.5 Å². The molecule has 0 bridgehead atoms. The molecule has 188 valence electrons. The number of sulfonamides is 1. The van der Waals surface area contributed by atoms with Crippen LogP contribution in [-0.2, 0) is 21.2 Å². The lowest BCUT2D eigenvalue weighted by molar-refractivity contribution is 0.0601. The first-order valence-corrected chi connectivity index (χ1v) is 13.5. The smallest absolute Gasteiger partial charge is 0.340 e. The Kier molecular flexibility index (Phi) is 7.47. The summed E-state index contributed by atoms with van der Waals surface area (Å²) in [6.07, 6.45) is 6.25. The Balaban J connectivity index is 1.69. The number of hydrogen-bond donors (Lipinski definition) is 1. The number of rotatable bonds is 9. The maximum atomic E-state index is 14.0. The third-order valence-corrected chi connectivity index (χ3v) is 8.30. The van der Waals surface area contributed by atoms with Gasteiger partial charge in [0.1, 0.15) is 5.82 Å². The Hall–Kier alpha value is -2.91. The molecule has 1 fully saturated rings.